The van der Waals surface area contributed by atoms with Crippen molar-refractivity contribution in [3.63, 3.8) is 0 Å². The van der Waals surface area contributed by atoms with Crippen LogP contribution in [-0.4, -0.2) is 22.0 Å². The lowest BCUT2D eigenvalue weighted by atomic mass is 9.96. The van der Waals surface area contributed by atoms with E-state index in [1.54, 1.807) is 0 Å². The summed E-state index contributed by atoms with van der Waals surface area (Å²) in [5.74, 6) is 2.86. The average Bonchev–Trinajstić information content (AvgIpc) is 2.92. The lowest BCUT2D eigenvalue weighted by molar-refractivity contribution is 0.0947. The van der Waals surface area contributed by atoms with Crippen LogP contribution in [0.15, 0.2) is 30.3 Å². The fourth-order valence-electron chi connectivity index (χ4n) is 2.50. The van der Waals surface area contributed by atoms with Gasteiger partial charge in [-0.05, 0) is 19.8 Å². The molecule has 1 fully saturated rings. The van der Waals surface area contributed by atoms with Crippen LogP contribution in [0.4, 0.5) is 0 Å². The second kappa shape index (κ2) is 5.26. The van der Waals surface area contributed by atoms with Crippen LogP contribution in [0.3, 0.4) is 0 Å². The minimum absolute atomic E-state index is 0.127. The zero-order valence-corrected chi connectivity index (χ0v) is 11.6. The fraction of sp³-hybridized carbons (Fsp3) is 0.533. The predicted molar refractivity (Wildman–Crippen MR) is 75.8 cm³/mol. The van der Waals surface area contributed by atoms with E-state index >= 15 is 0 Å². The molecule has 1 atom stereocenters. The highest BCUT2D eigenvalue weighted by molar-refractivity contribution is 7.99. The summed E-state index contributed by atoms with van der Waals surface area (Å²) in [4.78, 5) is 12.7. The monoisotopic (exact) mass is 249 g/mol. The van der Waals surface area contributed by atoms with E-state index in [1.807, 2.05) is 30.3 Å². The topological polar surface area (TPSA) is 17.1 Å². The van der Waals surface area contributed by atoms with E-state index in [1.165, 1.54) is 24.3 Å². The first-order chi connectivity index (χ1) is 8.18. The highest BCUT2D eigenvalue weighted by Gasteiger charge is 2.49. The molecule has 92 valence electrons. The SMILES string of the molecule is CCC(C)(C(=O)c1ccccc1)[S+]1CCCC1. The maximum absolute atomic E-state index is 12.7. The summed E-state index contributed by atoms with van der Waals surface area (Å²) in [5, 5.41) is 0. The Hall–Kier alpha value is -0.760. The molecule has 1 nitrogen and oxygen atoms in total. The summed E-state index contributed by atoms with van der Waals surface area (Å²) in [6.45, 7) is 4.34. The van der Waals surface area contributed by atoms with Crippen molar-refractivity contribution in [3.05, 3.63) is 35.9 Å². The summed E-state index contributed by atoms with van der Waals surface area (Å²) in [5.41, 5.74) is 0.885. The molecule has 1 heterocycles. The second-order valence-electron chi connectivity index (χ2n) is 4.89. The Bertz CT molecular complexity index is 381. The van der Waals surface area contributed by atoms with E-state index in [0.717, 1.165) is 12.0 Å². The summed E-state index contributed by atoms with van der Waals surface area (Å²) < 4.78 is -0.127. The molecule has 0 bridgehead atoms. The van der Waals surface area contributed by atoms with Gasteiger partial charge in [-0.1, -0.05) is 37.3 Å². The molecule has 2 heteroatoms. The second-order valence-corrected chi connectivity index (χ2v) is 7.59. The molecule has 2 rings (SSSR count). The number of carbonyl (C=O) groups excluding carboxylic acids is 1. The van der Waals surface area contributed by atoms with Crippen molar-refractivity contribution in [2.45, 2.75) is 37.9 Å². The van der Waals surface area contributed by atoms with Crippen molar-refractivity contribution in [1.82, 2.24) is 0 Å². The Morgan fingerprint density at radius 1 is 1.24 bits per heavy atom. The molecule has 1 aliphatic rings. The van der Waals surface area contributed by atoms with Gasteiger partial charge in [0.2, 0.25) is 5.78 Å². The molecule has 17 heavy (non-hydrogen) atoms. The minimum atomic E-state index is -0.127. The molecule has 1 aromatic carbocycles. The normalized spacial score (nSPS) is 20.1. The van der Waals surface area contributed by atoms with Gasteiger partial charge in [-0.25, -0.2) is 0 Å². The Kier molecular flexibility index (Phi) is 3.93. The highest BCUT2D eigenvalue weighted by Crippen LogP contribution is 2.33. The summed E-state index contributed by atoms with van der Waals surface area (Å²) in [6, 6.07) is 9.80. The van der Waals surface area contributed by atoms with E-state index in [2.05, 4.69) is 13.8 Å². The van der Waals surface area contributed by atoms with Gasteiger partial charge in [0, 0.05) is 22.9 Å². The van der Waals surface area contributed by atoms with Crippen molar-refractivity contribution in [3.8, 4) is 0 Å². The van der Waals surface area contributed by atoms with Crippen LogP contribution >= 0.6 is 0 Å². The predicted octanol–water partition coefficient (Wildman–Crippen LogP) is 3.45. The quantitative estimate of drug-likeness (QED) is 0.590. The first-order valence-corrected chi connectivity index (χ1v) is 8.02. The molecule has 0 saturated carbocycles. The van der Waals surface area contributed by atoms with E-state index in [9.17, 15) is 4.79 Å². The lowest BCUT2D eigenvalue weighted by Gasteiger charge is -2.25. The summed E-state index contributed by atoms with van der Waals surface area (Å²) >= 11 is 0. The van der Waals surface area contributed by atoms with Crippen LogP contribution in [0.2, 0.25) is 0 Å². The summed E-state index contributed by atoms with van der Waals surface area (Å²) in [7, 11) is 0.289. The van der Waals surface area contributed by atoms with Gasteiger partial charge in [0.1, 0.15) is 11.5 Å². The van der Waals surface area contributed by atoms with Crippen molar-refractivity contribution < 1.29 is 4.79 Å². The van der Waals surface area contributed by atoms with Crippen LogP contribution in [0.25, 0.3) is 0 Å². The number of Topliss-reactive ketones (excluding diaryl/α,β-unsaturated/α-hetero) is 1. The van der Waals surface area contributed by atoms with Crippen molar-refractivity contribution >= 4 is 16.7 Å². The Labute approximate surface area is 107 Å². The minimum Gasteiger partial charge on any atom is -0.288 e. The number of benzene rings is 1. The first-order valence-electron chi connectivity index (χ1n) is 6.46. The van der Waals surface area contributed by atoms with Gasteiger partial charge in [-0.15, -0.1) is 0 Å². The van der Waals surface area contributed by atoms with Crippen LogP contribution < -0.4 is 0 Å². The number of hydrogen-bond donors (Lipinski definition) is 0. The molecule has 0 spiro atoms. The molecule has 1 saturated heterocycles. The van der Waals surface area contributed by atoms with Gasteiger partial charge in [0.05, 0.1) is 0 Å². The van der Waals surface area contributed by atoms with Crippen molar-refractivity contribution in [2.24, 2.45) is 0 Å². The van der Waals surface area contributed by atoms with E-state index < -0.39 is 0 Å². The number of carbonyl (C=O) groups is 1. The molecule has 0 amide bonds. The fourth-order valence-corrected chi connectivity index (χ4v) is 5.49. The molecule has 1 aromatic rings. The molecule has 0 N–H and O–H groups in total. The van der Waals surface area contributed by atoms with Crippen molar-refractivity contribution in [2.75, 3.05) is 11.5 Å². The smallest absolute Gasteiger partial charge is 0.217 e. The van der Waals surface area contributed by atoms with Crippen LogP contribution in [0.5, 0.6) is 0 Å². The molecular weight excluding hydrogens is 228 g/mol. The van der Waals surface area contributed by atoms with Gasteiger partial charge < -0.3 is 0 Å². The number of rotatable bonds is 4. The van der Waals surface area contributed by atoms with Gasteiger partial charge in [0.25, 0.3) is 0 Å². The third-order valence-corrected chi connectivity index (χ3v) is 7.17. The number of hydrogen-bond acceptors (Lipinski definition) is 1. The average molecular weight is 249 g/mol. The Morgan fingerprint density at radius 3 is 2.35 bits per heavy atom. The maximum atomic E-state index is 12.7. The third kappa shape index (κ3) is 2.42. The van der Waals surface area contributed by atoms with Gasteiger partial charge in [0.15, 0.2) is 4.75 Å². The van der Waals surface area contributed by atoms with E-state index in [4.69, 9.17) is 0 Å². The van der Waals surface area contributed by atoms with Crippen LogP contribution in [0.1, 0.15) is 43.5 Å². The highest BCUT2D eigenvalue weighted by atomic mass is 32.2. The maximum Gasteiger partial charge on any atom is 0.217 e. The Morgan fingerprint density at radius 2 is 1.82 bits per heavy atom. The number of ketones is 1. The van der Waals surface area contributed by atoms with Crippen LogP contribution in [-0.2, 0) is 10.9 Å². The van der Waals surface area contributed by atoms with E-state index in [0.29, 0.717) is 5.78 Å². The third-order valence-electron chi connectivity index (χ3n) is 3.86. The van der Waals surface area contributed by atoms with Crippen molar-refractivity contribution in [1.29, 1.82) is 0 Å². The first kappa shape index (κ1) is 12.7. The van der Waals surface area contributed by atoms with Gasteiger partial charge in [-0.3, -0.25) is 4.79 Å². The standard InChI is InChI=1S/C15H21OS/c1-3-15(2,17-11-7-8-12-17)14(16)13-9-5-4-6-10-13/h4-6,9-10H,3,7-8,11-12H2,1-2H3/q+1. The molecule has 0 aromatic heterocycles. The molecule has 1 aliphatic heterocycles. The van der Waals surface area contributed by atoms with Gasteiger partial charge in [-0.2, -0.15) is 0 Å². The van der Waals surface area contributed by atoms with E-state index in [-0.39, 0.29) is 15.6 Å². The zero-order chi connectivity index (χ0) is 12.3. The van der Waals surface area contributed by atoms with Gasteiger partial charge >= 0.3 is 0 Å². The lowest BCUT2D eigenvalue weighted by Crippen LogP contribution is -2.44. The molecule has 0 aliphatic carbocycles. The zero-order valence-electron chi connectivity index (χ0n) is 10.7. The Balaban J connectivity index is 2.25. The molecular formula is C15H21OS+. The summed E-state index contributed by atoms with van der Waals surface area (Å²) in [6.07, 6.45) is 3.57. The molecule has 1 unspecified atom stereocenters. The van der Waals surface area contributed by atoms with Crippen LogP contribution in [0, 0.1) is 0 Å². The largest absolute Gasteiger partial charge is 0.288 e. The molecule has 0 radical (unpaired) electrons.